The molecule has 1 heterocycles. The van der Waals surface area contributed by atoms with E-state index in [1.165, 1.54) is 6.07 Å². The number of benzene rings is 1. The van der Waals surface area contributed by atoms with Crippen molar-refractivity contribution >= 4 is 39.1 Å². The number of hydrogen-bond donors (Lipinski definition) is 0. The topological polar surface area (TPSA) is 25.8 Å². The highest BCUT2D eigenvalue weighted by Crippen LogP contribution is 2.30. The predicted octanol–water partition coefficient (Wildman–Crippen LogP) is 4.66. The van der Waals surface area contributed by atoms with Gasteiger partial charge in [-0.3, -0.25) is 0 Å². The van der Waals surface area contributed by atoms with Crippen molar-refractivity contribution in [2.75, 3.05) is 0 Å². The van der Waals surface area contributed by atoms with Crippen LogP contribution >= 0.6 is 39.1 Å². The van der Waals surface area contributed by atoms with Crippen LogP contribution < -0.4 is 0 Å². The highest BCUT2D eigenvalue weighted by atomic mass is 79.9. The summed E-state index contributed by atoms with van der Waals surface area (Å²) in [5.41, 5.74) is 1.18. The summed E-state index contributed by atoms with van der Waals surface area (Å²) in [6, 6.07) is 4.58. The van der Waals surface area contributed by atoms with Crippen molar-refractivity contribution < 1.29 is 4.39 Å². The number of nitrogens with zero attached hydrogens (tertiary/aromatic N) is 2. The molecule has 0 amide bonds. The van der Waals surface area contributed by atoms with E-state index >= 15 is 0 Å². The van der Waals surface area contributed by atoms with E-state index < -0.39 is 0 Å². The first-order valence-corrected chi connectivity index (χ1v) is 6.19. The third-order valence-corrected chi connectivity index (χ3v) is 3.94. The van der Waals surface area contributed by atoms with E-state index in [9.17, 15) is 4.39 Å². The Morgan fingerprint density at radius 1 is 1.18 bits per heavy atom. The van der Waals surface area contributed by atoms with Crippen molar-refractivity contribution in [2.45, 2.75) is 6.92 Å². The van der Waals surface area contributed by atoms with Gasteiger partial charge in [0.2, 0.25) is 0 Å². The van der Waals surface area contributed by atoms with Gasteiger partial charge in [0, 0.05) is 5.56 Å². The largest absolute Gasteiger partial charge is 0.215 e. The number of aryl methyl sites for hydroxylation is 1. The standard InChI is InChI=1S/C11H6BrCl2FN2/c1-5-4-6(2-3-7(5)15)11-16-9(13)8(12)10(14)17-11/h2-4H,1H3. The minimum absolute atomic E-state index is 0.224. The number of halogens is 4. The molecule has 2 aromatic rings. The molecule has 0 fully saturated rings. The molecule has 0 atom stereocenters. The summed E-state index contributed by atoms with van der Waals surface area (Å²) in [6.07, 6.45) is 0. The summed E-state index contributed by atoms with van der Waals surface area (Å²) in [7, 11) is 0. The van der Waals surface area contributed by atoms with Crippen LogP contribution in [0.15, 0.2) is 22.7 Å². The second-order valence-corrected chi connectivity index (χ2v) is 4.92. The predicted molar refractivity (Wildman–Crippen MR) is 69.9 cm³/mol. The molecule has 0 aliphatic carbocycles. The van der Waals surface area contributed by atoms with Crippen molar-refractivity contribution in [3.05, 3.63) is 44.4 Å². The molecule has 2 rings (SSSR count). The number of rotatable bonds is 1. The Bertz CT molecular complexity index is 567. The molecule has 1 aromatic carbocycles. The van der Waals surface area contributed by atoms with Crippen LogP contribution in [-0.4, -0.2) is 9.97 Å². The van der Waals surface area contributed by atoms with Gasteiger partial charge >= 0.3 is 0 Å². The second-order valence-electron chi connectivity index (χ2n) is 3.41. The normalized spacial score (nSPS) is 10.6. The van der Waals surface area contributed by atoms with E-state index in [1.807, 2.05) is 0 Å². The lowest BCUT2D eigenvalue weighted by Crippen LogP contribution is -1.93. The minimum atomic E-state index is -0.275. The fourth-order valence-electron chi connectivity index (χ4n) is 1.31. The minimum Gasteiger partial charge on any atom is -0.215 e. The lowest BCUT2D eigenvalue weighted by Gasteiger charge is -2.05. The summed E-state index contributed by atoms with van der Waals surface area (Å²) in [4.78, 5) is 8.15. The zero-order chi connectivity index (χ0) is 12.6. The molecular weight excluding hydrogens is 330 g/mol. The molecule has 0 saturated carbocycles. The van der Waals surface area contributed by atoms with E-state index in [2.05, 4.69) is 25.9 Å². The summed E-state index contributed by atoms with van der Waals surface area (Å²) in [6.45, 7) is 1.67. The first-order valence-electron chi connectivity index (χ1n) is 4.64. The molecule has 1 aromatic heterocycles. The lowest BCUT2D eigenvalue weighted by atomic mass is 10.1. The van der Waals surface area contributed by atoms with E-state index in [1.54, 1.807) is 19.1 Å². The van der Waals surface area contributed by atoms with Crippen LogP contribution in [0.25, 0.3) is 11.4 Å². The summed E-state index contributed by atoms with van der Waals surface area (Å²) < 4.78 is 13.6. The summed E-state index contributed by atoms with van der Waals surface area (Å²) in [5, 5.41) is 0.448. The van der Waals surface area contributed by atoms with Crippen LogP contribution in [0.3, 0.4) is 0 Å². The maximum atomic E-state index is 13.1. The van der Waals surface area contributed by atoms with Crippen LogP contribution in [0.1, 0.15) is 5.56 Å². The molecule has 0 radical (unpaired) electrons. The first-order chi connectivity index (χ1) is 7.99. The Labute approximate surface area is 116 Å². The van der Waals surface area contributed by atoms with E-state index in [0.717, 1.165) is 0 Å². The highest BCUT2D eigenvalue weighted by molar-refractivity contribution is 9.10. The zero-order valence-corrected chi connectivity index (χ0v) is 11.7. The number of aromatic nitrogens is 2. The molecule has 0 aliphatic rings. The van der Waals surface area contributed by atoms with Gasteiger partial charge in [-0.15, -0.1) is 0 Å². The van der Waals surface area contributed by atoms with Gasteiger partial charge in [-0.25, -0.2) is 14.4 Å². The molecule has 0 N–H and O–H groups in total. The molecule has 0 saturated heterocycles. The van der Waals surface area contributed by atoms with Gasteiger partial charge in [-0.05, 0) is 46.6 Å². The Morgan fingerprint density at radius 3 is 2.29 bits per heavy atom. The summed E-state index contributed by atoms with van der Waals surface area (Å²) >= 11 is 14.9. The third-order valence-electron chi connectivity index (χ3n) is 2.19. The average molecular weight is 336 g/mol. The molecule has 0 aliphatic heterocycles. The fourth-order valence-corrected chi connectivity index (χ4v) is 1.87. The first kappa shape index (κ1) is 12.7. The molecule has 0 unspecified atom stereocenters. The number of hydrogen-bond acceptors (Lipinski definition) is 2. The highest BCUT2D eigenvalue weighted by Gasteiger charge is 2.11. The Kier molecular flexibility index (Phi) is 3.66. The molecule has 88 valence electrons. The van der Waals surface area contributed by atoms with Crippen molar-refractivity contribution in [2.24, 2.45) is 0 Å². The van der Waals surface area contributed by atoms with Crippen molar-refractivity contribution in [3.8, 4) is 11.4 Å². The maximum Gasteiger partial charge on any atom is 0.162 e. The second kappa shape index (κ2) is 4.88. The van der Waals surface area contributed by atoms with Crippen molar-refractivity contribution in [1.29, 1.82) is 0 Å². The van der Waals surface area contributed by atoms with Gasteiger partial charge in [0.1, 0.15) is 16.1 Å². The van der Waals surface area contributed by atoms with Gasteiger partial charge in [0.05, 0.1) is 4.47 Å². The zero-order valence-electron chi connectivity index (χ0n) is 8.64. The Balaban J connectivity index is 2.57. The lowest BCUT2D eigenvalue weighted by molar-refractivity contribution is 0.618. The third kappa shape index (κ3) is 2.59. The molecule has 0 spiro atoms. The SMILES string of the molecule is Cc1cc(-c2nc(Cl)c(Br)c(Cl)n2)ccc1F. The van der Waals surface area contributed by atoms with E-state index in [-0.39, 0.29) is 16.1 Å². The van der Waals surface area contributed by atoms with Crippen molar-refractivity contribution in [1.82, 2.24) is 9.97 Å². The van der Waals surface area contributed by atoms with Crippen LogP contribution in [0.5, 0.6) is 0 Å². The van der Waals surface area contributed by atoms with Crippen molar-refractivity contribution in [3.63, 3.8) is 0 Å². The molecular formula is C11H6BrCl2FN2. The maximum absolute atomic E-state index is 13.1. The monoisotopic (exact) mass is 334 g/mol. The van der Waals surface area contributed by atoms with Gasteiger partial charge < -0.3 is 0 Å². The van der Waals surface area contributed by atoms with Crippen LogP contribution in [-0.2, 0) is 0 Å². The molecule has 17 heavy (non-hydrogen) atoms. The van der Waals surface area contributed by atoms with Crippen LogP contribution in [0, 0.1) is 12.7 Å². The quantitative estimate of drug-likeness (QED) is 0.708. The Hall–Kier alpha value is -0.710. The molecule has 0 bridgehead atoms. The van der Waals surface area contributed by atoms with Gasteiger partial charge in [-0.2, -0.15) is 0 Å². The fraction of sp³-hybridized carbons (Fsp3) is 0.0909. The van der Waals surface area contributed by atoms with Crippen LogP contribution in [0.2, 0.25) is 10.3 Å². The van der Waals surface area contributed by atoms with Crippen LogP contribution in [0.4, 0.5) is 4.39 Å². The molecule has 2 nitrogen and oxygen atoms in total. The van der Waals surface area contributed by atoms with Gasteiger partial charge in [0.25, 0.3) is 0 Å². The van der Waals surface area contributed by atoms with Gasteiger partial charge in [-0.1, -0.05) is 23.2 Å². The average Bonchev–Trinajstić information content (AvgIpc) is 2.29. The van der Waals surface area contributed by atoms with E-state index in [0.29, 0.717) is 21.4 Å². The summed E-state index contributed by atoms with van der Waals surface area (Å²) in [5.74, 6) is 0.0920. The molecule has 6 heteroatoms. The smallest absolute Gasteiger partial charge is 0.162 e. The van der Waals surface area contributed by atoms with Gasteiger partial charge in [0.15, 0.2) is 5.82 Å². The Morgan fingerprint density at radius 2 is 1.76 bits per heavy atom. The van der Waals surface area contributed by atoms with E-state index in [4.69, 9.17) is 23.2 Å².